The molecule has 2 N–H and O–H groups in total. The van der Waals surface area contributed by atoms with Gasteiger partial charge in [0, 0.05) is 12.2 Å². The number of hydrogen-bond acceptors (Lipinski definition) is 4. The predicted octanol–water partition coefficient (Wildman–Crippen LogP) is 2.58. The predicted molar refractivity (Wildman–Crippen MR) is 80.5 cm³/mol. The van der Waals surface area contributed by atoms with Crippen molar-refractivity contribution in [3.05, 3.63) is 23.2 Å². The quantitative estimate of drug-likeness (QED) is 0.766. The van der Waals surface area contributed by atoms with Gasteiger partial charge in [-0.2, -0.15) is 8.78 Å². The average molecular weight is 337 g/mol. The molecule has 0 aliphatic heterocycles. The molecular formula is C14H19ClF2N2O3. The molecule has 1 atom stereocenters. The first-order valence-corrected chi connectivity index (χ1v) is 7.06. The number of anilines is 1. The van der Waals surface area contributed by atoms with Crippen LogP contribution in [-0.2, 0) is 4.79 Å². The summed E-state index contributed by atoms with van der Waals surface area (Å²) in [6.45, 7) is -0.563. The highest BCUT2D eigenvalue weighted by Crippen LogP contribution is 2.28. The molecule has 1 unspecified atom stereocenters. The molecule has 1 rings (SSSR count). The fraction of sp³-hybridized carbons (Fsp3) is 0.500. The van der Waals surface area contributed by atoms with Gasteiger partial charge in [0.1, 0.15) is 5.75 Å². The third-order valence-corrected chi connectivity index (χ3v) is 3.07. The molecule has 0 fully saturated rings. The van der Waals surface area contributed by atoms with Gasteiger partial charge >= 0.3 is 6.61 Å². The fourth-order valence-corrected chi connectivity index (χ4v) is 1.93. The Kier molecular flexibility index (Phi) is 7.50. The van der Waals surface area contributed by atoms with Gasteiger partial charge in [0.25, 0.3) is 0 Å². The molecule has 22 heavy (non-hydrogen) atoms. The molecule has 0 aliphatic carbocycles. The zero-order valence-corrected chi connectivity index (χ0v) is 13.1. The zero-order chi connectivity index (χ0) is 16.7. The number of aliphatic hydroxyl groups is 1. The van der Waals surface area contributed by atoms with Crippen LogP contribution in [0.2, 0.25) is 5.02 Å². The summed E-state index contributed by atoms with van der Waals surface area (Å²) in [4.78, 5) is 13.6. The lowest BCUT2D eigenvalue weighted by atomic mass is 10.2. The van der Waals surface area contributed by atoms with E-state index >= 15 is 0 Å². The maximum Gasteiger partial charge on any atom is 0.387 e. The van der Waals surface area contributed by atoms with E-state index in [1.165, 1.54) is 18.2 Å². The van der Waals surface area contributed by atoms with Crippen molar-refractivity contribution in [2.45, 2.75) is 26.1 Å². The van der Waals surface area contributed by atoms with E-state index in [9.17, 15) is 18.7 Å². The number of halogens is 3. The molecule has 8 heteroatoms. The molecule has 0 saturated heterocycles. The Morgan fingerprint density at radius 3 is 2.73 bits per heavy atom. The molecule has 0 bridgehead atoms. The van der Waals surface area contributed by atoms with E-state index < -0.39 is 12.7 Å². The number of carbonyl (C=O) groups is 1. The van der Waals surface area contributed by atoms with Crippen LogP contribution in [0, 0.1) is 0 Å². The molecule has 1 amide bonds. The second-order valence-corrected chi connectivity index (χ2v) is 5.35. The second kappa shape index (κ2) is 8.87. The largest absolute Gasteiger partial charge is 0.433 e. The maximum absolute atomic E-state index is 12.1. The highest BCUT2D eigenvalue weighted by Gasteiger charge is 2.11. The smallest absolute Gasteiger partial charge is 0.387 e. The van der Waals surface area contributed by atoms with Gasteiger partial charge in [-0.05, 0) is 38.6 Å². The van der Waals surface area contributed by atoms with Gasteiger partial charge in [-0.15, -0.1) is 0 Å². The monoisotopic (exact) mass is 336 g/mol. The van der Waals surface area contributed by atoms with Gasteiger partial charge in [-0.25, -0.2) is 0 Å². The average Bonchev–Trinajstić information content (AvgIpc) is 2.39. The van der Waals surface area contributed by atoms with Crippen molar-refractivity contribution < 1.29 is 23.4 Å². The van der Waals surface area contributed by atoms with Crippen LogP contribution in [0.1, 0.15) is 13.3 Å². The van der Waals surface area contributed by atoms with Crippen molar-refractivity contribution in [3.63, 3.8) is 0 Å². The number of nitrogens with one attached hydrogen (secondary N) is 1. The number of benzene rings is 1. The first-order valence-electron chi connectivity index (χ1n) is 6.68. The fourth-order valence-electron chi connectivity index (χ4n) is 1.70. The Morgan fingerprint density at radius 2 is 2.18 bits per heavy atom. The van der Waals surface area contributed by atoms with Crippen LogP contribution in [0.4, 0.5) is 14.5 Å². The van der Waals surface area contributed by atoms with Crippen molar-refractivity contribution in [2.75, 3.05) is 25.5 Å². The number of alkyl halides is 2. The number of aliphatic hydroxyl groups excluding tert-OH is 1. The number of likely N-dealkylation sites (N-methyl/N-ethyl adjacent to an activating group) is 1. The van der Waals surface area contributed by atoms with Crippen LogP contribution in [0.5, 0.6) is 5.75 Å². The third-order valence-electron chi connectivity index (χ3n) is 2.77. The summed E-state index contributed by atoms with van der Waals surface area (Å²) in [5, 5.41) is 11.8. The summed E-state index contributed by atoms with van der Waals surface area (Å²) in [6, 6.07) is 4.03. The van der Waals surface area contributed by atoms with Gasteiger partial charge in [-0.1, -0.05) is 11.6 Å². The lowest BCUT2D eigenvalue weighted by Crippen LogP contribution is -2.32. The summed E-state index contributed by atoms with van der Waals surface area (Å²) in [6.07, 6.45) is 0.140. The Balaban J connectivity index is 2.52. The van der Waals surface area contributed by atoms with Gasteiger partial charge in [-0.3, -0.25) is 9.69 Å². The van der Waals surface area contributed by atoms with Gasteiger partial charge < -0.3 is 15.2 Å². The van der Waals surface area contributed by atoms with E-state index in [-0.39, 0.29) is 23.2 Å². The standard InChI is InChI=1S/C14H19ClF2N2O3/c1-9(20)5-6-19(2)8-13(21)18-10-3-4-12(11(15)7-10)22-14(16)17/h3-4,7,9,14,20H,5-6,8H2,1-2H3,(H,18,21). The van der Waals surface area contributed by atoms with Crippen LogP contribution < -0.4 is 10.1 Å². The molecule has 124 valence electrons. The Morgan fingerprint density at radius 1 is 1.50 bits per heavy atom. The summed E-state index contributed by atoms with van der Waals surface area (Å²) >= 11 is 5.80. The Labute approximate surface area is 132 Å². The minimum atomic E-state index is -2.96. The summed E-state index contributed by atoms with van der Waals surface area (Å²) in [7, 11) is 1.76. The second-order valence-electron chi connectivity index (χ2n) is 4.95. The van der Waals surface area contributed by atoms with Crippen molar-refractivity contribution in [1.82, 2.24) is 4.90 Å². The van der Waals surface area contributed by atoms with Crippen molar-refractivity contribution >= 4 is 23.2 Å². The van der Waals surface area contributed by atoms with E-state index in [2.05, 4.69) is 10.1 Å². The molecule has 0 radical (unpaired) electrons. The Bertz CT molecular complexity index is 501. The Hall–Kier alpha value is -1.44. The molecule has 0 aromatic heterocycles. The van der Waals surface area contributed by atoms with Gasteiger partial charge in [0.2, 0.25) is 5.91 Å². The SMILES string of the molecule is CC(O)CCN(C)CC(=O)Nc1ccc(OC(F)F)c(Cl)c1. The molecule has 5 nitrogen and oxygen atoms in total. The minimum Gasteiger partial charge on any atom is -0.433 e. The van der Waals surface area contributed by atoms with E-state index in [1.54, 1.807) is 18.9 Å². The molecule has 0 aliphatic rings. The van der Waals surface area contributed by atoms with E-state index in [0.29, 0.717) is 18.7 Å². The van der Waals surface area contributed by atoms with Crippen LogP contribution in [0.15, 0.2) is 18.2 Å². The summed E-state index contributed by atoms with van der Waals surface area (Å²) < 4.78 is 28.4. The molecule has 0 heterocycles. The maximum atomic E-state index is 12.1. The molecule has 1 aromatic carbocycles. The molecule has 0 saturated carbocycles. The summed E-state index contributed by atoms with van der Waals surface area (Å²) in [5.41, 5.74) is 0.389. The number of ether oxygens (including phenoxy) is 1. The van der Waals surface area contributed by atoms with Crippen molar-refractivity contribution in [2.24, 2.45) is 0 Å². The van der Waals surface area contributed by atoms with Gasteiger partial charge in [0.15, 0.2) is 0 Å². The highest BCUT2D eigenvalue weighted by atomic mass is 35.5. The van der Waals surface area contributed by atoms with E-state index in [1.807, 2.05) is 0 Å². The first-order chi connectivity index (χ1) is 10.3. The van der Waals surface area contributed by atoms with Crippen LogP contribution >= 0.6 is 11.6 Å². The van der Waals surface area contributed by atoms with E-state index in [4.69, 9.17) is 11.6 Å². The van der Waals surface area contributed by atoms with Crippen LogP contribution in [-0.4, -0.2) is 48.8 Å². The molecule has 1 aromatic rings. The summed E-state index contributed by atoms with van der Waals surface area (Å²) in [5.74, 6) is -0.421. The highest BCUT2D eigenvalue weighted by molar-refractivity contribution is 6.32. The third kappa shape index (κ3) is 7.02. The van der Waals surface area contributed by atoms with Crippen molar-refractivity contribution in [1.29, 1.82) is 0 Å². The number of nitrogens with zero attached hydrogens (tertiary/aromatic N) is 1. The minimum absolute atomic E-state index is 0.0134. The van der Waals surface area contributed by atoms with Crippen molar-refractivity contribution in [3.8, 4) is 5.75 Å². The lowest BCUT2D eigenvalue weighted by Gasteiger charge is -2.17. The molecular weight excluding hydrogens is 318 g/mol. The van der Waals surface area contributed by atoms with Crippen LogP contribution in [0.3, 0.4) is 0 Å². The van der Waals surface area contributed by atoms with Gasteiger partial charge in [0.05, 0.1) is 17.7 Å². The number of rotatable bonds is 8. The molecule has 0 spiro atoms. The number of hydrogen-bond donors (Lipinski definition) is 2. The normalized spacial score (nSPS) is 12.5. The van der Waals surface area contributed by atoms with Crippen LogP contribution in [0.25, 0.3) is 0 Å². The lowest BCUT2D eigenvalue weighted by molar-refractivity contribution is -0.117. The first kappa shape index (κ1) is 18.6. The zero-order valence-electron chi connectivity index (χ0n) is 12.4. The van der Waals surface area contributed by atoms with E-state index in [0.717, 1.165) is 0 Å². The topological polar surface area (TPSA) is 61.8 Å². The number of amides is 1. The number of carbonyl (C=O) groups excluding carboxylic acids is 1.